The van der Waals surface area contributed by atoms with E-state index in [1.54, 1.807) is 0 Å². The highest BCUT2D eigenvalue weighted by Crippen LogP contribution is 2.34. The van der Waals surface area contributed by atoms with Crippen molar-refractivity contribution in [3.63, 3.8) is 0 Å². The molecular weight excluding hydrogens is 328 g/mol. The number of amides is 2. The van der Waals surface area contributed by atoms with Crippen molar-refractivity contribution in [2.75, 3.05) is 32.9 Å². The first kappa shape index (κ1) is 17.1. The average Bonchev–Trinajstić information content (AvgIpc) is 2.72. The van der Waals surface area contributed by atoms with Crippen LogP contribution in [0, 0.1) is 0 Å². The zero-order chi connectivity index (χ0) is 17.8. The maximum Gasteiger partial charge on any atom is 0.318 e. The van der Waals surface area contributed by atoms with Gasteiger partial charge in [0.1, 0.15) is 0 Å². The number of carbonyl (C=O) groups is 1. The third-order valence-electron chi connectivity index (χ3n) is 5.03. The number of nitrogens with zero attached hydrogens (tertiary/aromatic N) is 1. The fraction of sp³-hybridized carbons (Fsp3) is 0.381. The molecule has 0 aromatic heterocycles. The SMILES string of the molecule is O=C(NC[C@H]1COCCO1)N1CCc2ccccc2[C@H]1c1ccccc1. The monoisotopic (exact) mass is 352 g/mol. The predicted octanol–water partition coefficient (Wildman–Crippen LogP) is 2.76. The van der Waals surface area contributed by atoms with Crippen LogP contribution in [0.2, 0.25) is 0 Å². The molecule has 2 atom stereocenters. The van der Waals surface area contributed by atoms with Crippen LogP contribution >= 0.6 is 0 Å². The second-order valence-electron chi connectivity index (χ2n) is 6.71. The molecule has 2 aromatic carbocycles. The second-order valence-corrected chi connectivity index (χ2v) is 6.71. The van der Waals surface area contributed by atoms with Gasteiger partial charge in [-0.2, -0.15) is 0 Å². The van der Waals surface area contributed by atoms with Crippen molar-refractivity contribution in [1.29, 1.82) is 0 Å². The van der Waals surface area contributed by atoms with Gasteiger partial charge in [0, 0.05) is 13.1 Å². The Morgan fingerprint density at radius 3 is 2.69 bits per heavy atom. The summed E-state index contributed by atoms with van der Waals surface area (Å²) < 4.78 is 11.0. The van der Waals surface area contributed by atoms with Crippen molar-refractivity contribution < 1.29 is 14.3 Å². The van der Waals surface area contributed by atoms with Crippen molar-refractivity contribution in [3.8, 4) is 0 Å². The number of urea groups is 1. The summed E-state index contributed by atoms with van der Waals surface area (Å²) in [6, 6.07) is 18.5. The molecular formula is C21H24N2O3. The van der Waals surface area contributed by atoms with E-state index in [4.69, 9.17) is 9.47 Å². The largest absolute Gasteiger partial charge is 0.376 e. The number of carbonyl (C=O) groups excluding carboxylic acids is 1. The van der Waals surface area contributed by atoms with E-state index in [1.807, 2.05) is 29.2 Å². The van der Waals surface area contributed by atoms with Crippen molar-refractivity contribution in [3.05, 3.63) is 71.3 Å². The molecule has 2 amide bonds. The van der Waals surface area contributed by atoms with Crippen molar-refractivity contribution >= 4 is 6.03 Å². The highest BCUT2D eigenvalue weighted by molar-refractivity contribution is 5.76. The molecule has 4 rings (SSSR count). The van der Waals surface area contributed by atoms with Crippen LogP contribution in [0.1, 0.15) is 22.7 Å². The normalized spacial score (nSPS) is 22.5. The van der Waals surface area contributed by atoms with Crippen LogP contribution in [0.15, 0.2) is 54.6 Å². The fourth-order valence-electron chi connectivity index (χ4n) is 3.74. The van der Waals surface area contributed by atoms with Gasteiger partial charge in [-0.3, -0.25) is 0 Å². The van der Waals surface area contributed by atoms with Gasteiger partial charge >= 0.3 is 6.03 Å². The van der Waals surface area contributed by atoms with Crippen LogP contribution in [0.25, 0.3) is 0 Å². The lowest BCUT2D eigenvalue weighted by atomic mass is 9.88. The molecule has 0 unspecified atom stereocenters. The molecule has 0 bridgehead atoms. The first-order valence-corrected chi connectivity index (χ1v) is 9.19. The third kappa shape index (κ3) is 3.59. The summed E-state index contributed by atoms with van der Waals surface area (Å²) in [5, 5.41) is 3.03. The molecule has 0 saturated carbocycles. The van der Waals surface area contributed by atoms with Crippen LogP contribution in [0.5, 0.6) is 0 Å². The number of benzene rings is 2. The Kier molecular flexibility index (Phi) is 5.18. The van der Waals surface area contributed by atoms with Gasteiger partial charge in [0.25, 0.3) is 0 Å². The Balaban J connectivity index is 1.55. The van der Waals surface area contributed by atoms with Crippen molar-refractivity contribution in [2.45, 2.75) is 18.6 Å². The minimum absolute atomic E-state index is 0.0532. The molecule has 0 radical (unpaired) electrons. The minimum Gasteiger partial charge on any atom is -0.376 e. The Labute approximate surface area is 153 Å². The number of nitrogens with one attached hydrogen (secondary N) is 1. The number of ether oxygens (including phenoxy) is 2. The lowest BCUT2D eigenvalue weighted by Gasteiger charge is -2.38. The zero-order valence-electron chi connectivity index (χ0n) is 14.8. The Bertz CT molecular complexity index is 744. The molecule has 5 nitrogen and oxygen atoms in total. The summed E-state index contributed by atoms with van der Waals surface area (Å²) >= 11 is 0. The Morgan fingerprint density at radius 1 is 1.08 bits per heavy atom. The lowest BCUT2D eigenvalue weighted by molar-refractivity contribution is -0.0856. The fourth-order valence-corrected chi connectivity index (χ4v) is 3.74. The van der Waals surface area contributed by atoms with Gasteiger partial charge in [-0.25, -0.2) is 4.79 Å². The molecule has 1 saturated heterocycles. The number of hydrogen-bond donors (Lipinski definition) is 1. The van der Waals surface area contributed by atoms with Crippen molar-refractivity contribution in [2.24, 2.45) is 0 Å². The molecule has 136 valence electrons. The molecule has 2 heterocycles. The Hall–Kier alpha value is -2.37. The predicted molar refractivity (Wildman–Crippen MR) is 99.1 cm³/mol. The number of hydrogen-bond acceptors (Lipinski definition) is 3. The van der Waals surface area contributed by atoms with Gasteiger partial charge in [-0.05, 0) is 23.1 Å². The molecule has 1 N–H and O–H groups in total. The third-order valence-corrected chi connectivity index (χ3v) is 5.03. The molecule has 2 aliphatic heterocycles. The smallest absolute Gasteiger partial charge is 0.318 e. The summed E-state index contributed by atoms with van der Waals surface area (Å²) in [6.07, 6.45) is 0.802. The van der Waals surface area contributed by atoms with E-state index >= 15 is 0 Å². The summed E-state index contributed by atoms with van der Waals surface area (Å²) in [5.74, 6) is 0. The van der Waals surface area contributed by atoms with Gasteiger partial charge in [0.15, 0.2) is 0 Å². The summed E-state index contributed by atoms with van der Waals surface area (Å²) in [5.41, 5.74) is 3.65. The Morgan fingerprint density at radius 2 is 1.88 bits per heavy atom. The lowest BCUT2D eigenvalue weighted by Crippen LogP contribution is -2.49. The summed E-state index contributed by atoms with van der Waals surface area (Å²) in [4.78, 5) is 14.9. The van der Waals surface area contributed by atoms with Crippen LogP contribution in [-0.2, 0) is 15.9 Å². The standard InChI is InChI=1S/C21H24N2O3/c24-21(22-14-18-15-25-12-13-26-18)23-11-10-16-6-4-5-9-19(16)20(23)17-7-2-1-3-8-17/h1-9,18,20H,10-15H2,(H,22,24)/t18-,20+/m0/s1. The van der Waals surface area contributed by atoms with Gasteiger partial charge < -0.3 is 19.7 Å². The highest BCUT2D eigenvalue weighted by atomic mass is 16.6. The topological polar surface area (TPSA) is 50.8 Å². The second kappa shape index (κ2) is 7.89. The highest BCUT2D eigenvalue weighted by Gasteiger charge is 2.32. The number of rotatable bonds is 3. The summed E-state index contributed by atoms with van der Waals surface area (Å²) in [7, 11) is 0. The van der Waals surface area contributed by atoms with Gasteiger partial charge in [-0.1, -0.05) is 54.6 Å². The van der Waals surface area contributed by atoms with E-state index < -0.39 is 0 Å². The summed E-state index contributed by atoms with van der Waals surface area (Å²) in [6.45, 7) is 2.92. The van der Waals surface area contributed by atoms with Crippen molar-refractivity contribution in [1.82, 2.24) is 10.2 Å². The van der Waals surface area contributed by atoms with Crippen LogP contribution in [0.3, 0.4) is 0 Å². The first-order chi connectivity index (χ1) is 12.8. The van der Waals surface area contributed by atoms with E-state index in [1.165, 1.54) is 11.1 Å². The minimum atomic E-state index is -0.0695. The van der Waals surface area contributed by atoms with Gasteiger partial charge in [0.05, 0.1) is 32.0 Å². The molecule has 0 aliphatic carbocycles. The van der Waals surface area contributed by atoms with Crippen LogP contribution in [0.4, 0.5) is 4.79 Å². The van der Waals surface area contributed by atoms with E-state index in [-0.39, 0.29) is 18.2 Å². The van der Waals surface area contributed by atoms with E-state index in [0.717, 1.165) is 12.0 Å². The number of fused-ring (bicyclic) bond motifs is 1. The van der Waals surface area contributed by atoms with E-state index in [2.05, 4.69) is 35.6 Å². The maximum absolute atomic E-state index is 13.0. The molecule has 5 heteroatoms. The average molecular weight is 352 g/mol. The zero-order valence-corrected chi connectivity index (χ0v) is 14.8. The van der Waals surface area contributed by atoms with Gasteiger partial charge in [-0.15, -0.1) is 0 Å². The van der Waals surface area contributed by atoms with Crippen LogP contribution in [-0.4, -0.2) is 49.9 Å². The quantitative estimate of drug-likeness (QED) is 0.924. The molecule has 1 fully saturated rings. The van der Waals surface area contributed by atoms with E-state index in [9.17, 15) is 4.79 Å². The molecule has 26 heavy (non-hydrogen) atoms. The maximum atomic E-state index is 13.0. The first-order valence-electron chi connectivity index (χ1n) is 9.19. The van der Waals surface area contributed by atoms with E-state index in [0.29, 0.717) is 32.9 Å². The molecule has 2 aromatic rings. The molecule has 0 spiro atoms. The molecule has 2 aliphatic rings. The van der Waals surface area contributed by atoms with Crippen LogP contribution < -0.4 is 5.32 Å². The van der Waals surface area contributed by atoms with Gasteiger partial charge in [0.2, 0.25) is 0 Å².